The minimum absolute atomic E-state index is 0.251. The fraction of sp³-hybridized carbons (Fsp3) is 0.0833. The first-order valence-electron chi connectivity index (χ1n) is 5.42. The SMILES string of the molecule is O=C(O)C=Cc1ccsc1CNC(=O)c1ccn[nH]1. The summed E-state index contributed by atoms with van der Waals surface area (Å²) in [4.78, 5) is 23.0. The molecule has 6 nitrogen and oxygen atoms in total. The van der Waals surface area contributed by atoms with Gasteiger partial charge in [-0.25, -0.2) is 4.79 Å². The fourth-order valence-corrected chi connectivity index (χ4v) is 2.25. The Hall–Kier alpha value is -2.41. The number of carbonyl (C=O) groups is 2. The van der Waals surface area contributed by atoms with E-state index in [1.807, 2.05) is 11.4 Å². The lowest BCUT2D eigenvalue weighted by molar-refractivity contribution is -0.131. The van der Waals surface area contributed by atoms with Gasteiger partial charge in [0.1, 0.15) is 5.69 Å². The van der Waals surface area contributed by atoms with Gasteiger partial charge in [0.15, 0.2) is 0 Å². The minimum Gasteiger partial charge on any atom is -0.478 e. The van der Waals surface area contributed by atoms with Crippen molar-refractivity contribution in [2.75, 3.05) is 0 Å². The normalized spacial score (nSPS) is 10.7. The standard InChI is InChI=1S/C12H11N3O3S/c16-11(17)2-1-8-4-6-19-10(8)7-13-12(18)9-3-5-14-15-9/h1-6H,7H2,(H,13,18)(H,14,15)(H,16,17). The van der Waals surface area contributed by atoms with Crippen molar-refractivity contribution in [3.8, 4) is 0 Å². The Balaban J connectivity index is 1.98. The average Bonchev–Trinajstić information content (AvgIpc) is 3.04. The number of aliphatic carboxylic acids is 1. The van der Waals surface area contributed by atoms with Crippen molar-refractivity contribution in [2.45, 2.75) is 6.54 Å². The van der Waals surface area contributed by atoms with E-state index in [-0.39, 0.29) is 5.91 Å². The molecule has 19 heavy (non-hydrogen) atoms. The lowest BCUT2D eigenvalue weighted by atomic mass is 10.2. The topological polar surface area (TPSA) is 95.1 Å². The highest BCUT2D eigenvalue weighted by Crippen LogP contribution is 2.18. The average molecular weight is 277 g/mol. The highest BCUT2D eigenvalue weighted by Gasteiger charge is 2.08. The van der Waals surface area contributed by atoms with E-state index in [0.717, 1.165) is 16.5 Å². The molecule has 2 aromatic heterocycles. The number of hydrogen-bond donors (Lipinski definition) is 3. The molecule has 0 spiro atoms. The number of rotatable bonds is 5. The molecule has 0 atom stereocenters. The van der Waals surface area contributed by atoms with Gasteiger partial charge in [0, 0.05) is 17.2 Å². The summed E-state index contributed by atoms with van der Waals surface area (Å²) in [7, 11) is 0. The number of nitrogens with zero attached hydrogens (tertiary/aromatic N) is 1. The number of aromatic amines is 1. The van der Waals surface area contributed by atoms with Crippen LogP contribution in [-0.4, -0.2) is 27.2 Å². The summed E-state index contributed by atoms with van der Waals surface area (Å²) in [5, 5.41) is 19.4. The van der Waals surface area contributed by atoms with E-state index in [9.17, 15) is 9.59 Å². The Morgan fingerprint density at radius 2 is 2.32 bits per heavy atom. The first-order chi connectivity index (χ1) is 9.16. The van der Waals surface area contributed by atoms with Gasteiger partial charge >= 0.3 is 5.97 Å². The molecule has 0 aromatic carbocycles. The second-order valence-corrected chi connectivity index (χ2v) is 4.62. The third-order valence-electron chi connectivity index (χ3n) is 2.34. The van der Waals surface area contributed by atoms with E-state index in [0.29, 0.717) is 12.2 Å². The second-order valence-electron chi connectivity index (χ2n) is 3.62. The smallest absolute Gasteiger partial charge is 0.328 e. The summed E-state index contributed by atoms with van der Waals surface area (Å²) < 4.78 is 0. The Bertz CT molecular complexity index is 602. The molecule has 0 aliphatic rings. The third-order valence-corrected chi connectivity index (χ3v) is 3.28. The first-order valence-corrected chi connectivity index (χ1v) is 6.29. The van der Waals surface area contributed by atoms with Crippen LogP contribution < -0.4 is 5.32 Å². The molecule has 0 fully saturated rings. The molecular formula is C12H11N3O3S. The van der Waals surface area contributed by atoms with E-state index < -0.39 is 5.97 Å². The van der Waals surface area contributed by atoms with E-state index in [2.05, 4.69) is 15.5 Å². The molecule has 1 amide bonds. The van der Waals surface area contributed by atoms with Crippen LogP contribution in [0.25, 0.3) is 6.08 Å². The number of thiophene rings is 1. The van der Waals surface area contributed by atoms with Crippen molar-refractivity contribution in [1.82, 2.24) is 15.5 Å². The van der Waals surface area contributed by atoms with E-state index >= 15 is 0 Å². The molecule has 2 rings (SSSR count). The van der Waals surface area contributed by atoms with Crippen molar-refractivity contribution in [3.05, 3.63) is 45.9 Å². The Morgan fingerprint density at radius 1 is 1.47 bits per heavy atom. The summed E-state index contributed by atoms with van der Waals surface area (Å²) in [5.41, 5.74) is 1.18. The molecule has 2 heterocycles. The lowest BCUT2D eigenvalue weighted by Gasteiger charge is -2.02. The number of hydrogen-bond acceptors (Lipinski definition) is 4. The highest BCUT2D eigenvalue weighted by molar-refractivity contribution is 7.10. The highest BCUT2D eigenvalue weighted by atomic mass is 32.1. The predicted molar refractivity (Wildman–Crippen MR) is 70.7 cm³/mol. The predicted octanol–water partition coefficient (Wildman–Crippen LogP) is 1.50. The van der Waals surface area contributed by atoms with Crippen molar-refractivity contribution in [3.63, 3.8) is 0 Å². The van der Waals surface area contributed by atoms with Crippen LogP contribution in [0.1, 0.15) is 20.9 Å². The summed E-state index contributed by atoms with van der Waals surface area (Å²) in [6.45, 7) is 0.342. The van der Waals surface area contributed by atoms with Gasteiger partial charge in [-0.1, -0.05) is 0 Å². The molecule has 7 heteroatoms. The minimum atomic E-state index is -1.00. The first kappa shape index (κ1) is 13.0. The number of carboxylic acids is 1. The van der Waals surface area contributed by atoms with Crippen LogP contribution in [0.4, 0.5) is 0 Å². The Morgan fingerprint density at radius 3 is 3.00 bits per heavy atom. The number of H-pyrrole nitrogens is 1. The monoisotopic (exact) mass is 277 g/mol. The number of carboxylic acid groups (broad SMARTS) is 1. The van der Waals surface area contributed by atoms with Crippen molar-refractivity contribution >= 4 is 29.3 Å². The summed E-state index contributed by atoms with van der Waals surface area (Å²) >= 11 is 1.46. The zero-order chi connectivity index (χ0) is 13.7. The van der Waals surface area contributed by atoms with Gasteiger partial charge in [-0.3, -0.25) is 9.89 Å². The number of amides is 1. The lowest BCUT2D eigenvalue weighted by Crippen LogP contribution is -2.22. The molecule has 2 aromatic rings. The zero-order valence-electron chi connectivity index (χ0n) is 9.79. The zero-order valence-corrected chi connectivity index (χ0v) is 10.6. The number of aromatic nitrogens is 2. The third kappa shape index (κ3) is 3.52. The molecule has 3 N–H and O–H groups in total. The van der Waals surface area contributed by atoms with Crippen LogP contribution in [-0.2, 0) is 11.3 Å². The van der Waals surface area contributed by atoms with Crippen LogP contribution in [0.5, 0.6) is 0 Å². The van der Waals surface area contributed by atoms with Gasteiger partial charge in [-0.05, 0) is 29.2 Å². The molecule has 0 unspecified atom stereocenters. The quantitative estimate of drug-likeness (QED) is 0.722. The van der Waals surface area contributed by atoms with Crippen molar-refractivity contribution in [2.24, 2.45) is 0 Å². The Labute approximate surface area is 112 Å². The molecule has 98 valence electrons. The number of nitrogens with one attached hydrogen (secondary N) is 2. The van der Waals surface area contributed by atoms with Gasteiger partial charge < -0.3 is 10.4 Å². The maximum absolute atomic E-state index is 11.7. The van der Waals surface area contributed by atoms with Gasteiger partial charge in [0.2, 0.25) is 0 Å². The number of carbonyl (C=O) groups excluding carboxylic acids is 1. The van der Waals surface area contributed by atoms with Crippen LogP contribution >= 0.6 is 11.3 Å². The van der Waals surface area contributed by atoms with Gasteiger partial charge in [-0.15, -0.1) is 11.3 Å². The molecule has 0 aliphatic carbocycles. The molecule has 0 saturated carbocycles. The Kier molecular flexibility index (Phi) is 4.09. The van der Waals surface area contributed by atoms with Crippen LogP contribution in [0.15, 0.2) is 29.8 Å². The van der Waals surface area contributed by atoms with Crippen LogP contribution in [0, 0.1) is 0 Å². The molecule has 0 radical (unpaired) electrons. The molecule has 0 saturated heterocycles. The maximum Gasteiger partial charge on any atom is 0.328 e. The second kappa shape index (κ2) is 5.96. The summed E-state index contributed by atoms with van der Waals surface area (Å²) in [6, 6.07) is 3.39. The van der Waals surface area contributed by atoms with Crippen molar-refractivity contribution in [1.29, 1.82) is 0 Å². The largest absolute Gasteiger partial charge is 0.478 e. The molecule has 0 bridgehead atoms. The fourth-order valence-electron chi connectivity index (χ4n) is 1.44. The molecular weight excluding hydrogens is 266 g/mol. The van der Waals surface area contributed by atoms with Gasteiger partial charge in [0.25, 0.3) is 5.91 Å². The van der Waals surface area contributed by atoms with E-state index in [1.165, 1.54) is 23.6 Å². The van der Waals surface area contributed by atoms with Gasteiger partial charge in [0.05, 0.1) is 6.54 Å². The molecule has 0 aliphatic heterocycles. The van der Waals surface area contributed by atoms with Crippen LogP contribution in [0.3, 0.4) is 0 Å². The van der Waals surface area contributed by atoms with E-state index in [1.54, 1.807) is 6.07 Å². The van der Waals surface area contributed by atoms with E-state index in [4.69, 9.17) is 5.11 Å². The maximum atomic E-state index is 11.7. The summed E-state index contributed by atoms with van der Waals surface area (Å²) in [6.07, 6.45) is 4.08. The van der Waals surface area contributed by atoms with Crippen LogP contribution in [0.2, 0.25) is 0 Å². The van der Waals surface area contributed by atoms with Crippen molar-refractivity contribution < 1.29 is 14.7 Å². The summed E-state index contributed by atoms with van der Waals surface area (Å²) in [5.74, 6) is -1.25. The van der Waals surface area contributed by atoms with Gasteiger partial charge in [-0.2, -0.15) is 5.10 Å².